The van der Waals surface area contributed by atoms with Gasteiger partial charge >= 0.3 is 11.9 Å². The number of para-hydroxylation sites is 1. The second-order valence-electron chi connectivity index (χ2n) is 8.13. The van der Waals surface area contributed by atoms with E-state index in [1.165, 1.54) is 24.6 Å². The van der Waals surface area contributed by atoms with Gasteiger partial charge in [-0.3, -0.25) is 14.8 Å². The summed E-state index contributed by atoms with van der Waals surface area (Å²) >= 11 is 1.41. The summed E-state index contributed by atoms with van der Waals surface area (Å²) in [5.74, 6) is -1.60. The van der Waals surface area contributed by atoms with Crippen LogP contribution in [-0.2, 0) is 27.1 Å². The molecule has 1 unspecified atom stereocenters. The van der Waals surface area contributed by atoms with Crippen LogP contribution < -0.4 is 5.32 Å². The number of esters is 2. The Morgan fingerprint density at radius 2 is 1.82 bits per heavy atom. The number of hydrogen-bond donors (Lipinski definition) is 1. The van der Waals surface area contributed by atoms with Gasteiger partial charge in [0.1, 0.15) is 10.5 Å². The van der Waals surface area contributed by atoms with Gasteiger partial charge in [-0.25, -0.2) is 9.59 Å². The summed E-state index contributed by atoms with van der Waals surface area (Å²) in [4.78, 5) is 48.2. The van der Waals surface area contributed by atoms with Crippen molar-refractivity contribution in [3.63, 3.8) is 0 Å². The molecule has 2 heterocycles. The summed E-state index contributed by atoms with van der Waals surface area (Å²) < 4.78 is 10.6. The van der Waals surface area contributed by atoms with E-state index in [1.807, 2.05) is 0 Å². The van der Waals surface area contributed by atoms with Gasteiger partial charge in [-0.05, 0) is 49.8 Å². The van der Waals surface area contributed by atoms with E-state index in [2.05, 4.69) is 15.3 Å². The highest BCUT2D eigenvalue weighted by Crippen LogP contribution is 2.37. The van der Waals surface area contributed by atoms with Crippen LogP contribution in [0.3, 0.4) is 0 Å². The van der Waals surface area contributed by atoms with E-state index in [1.54, 1.807) is 31.3 Å². The molecular weight excluding hydrogens is 454 g/mol. The van der Waals surface area contributed by atoms with E-state index in [4.69, 9.17) is 9.47 Å². The lowest BCUT2D eigenvalue weighted by molar-refractivity contribution is -0.124. The molecule has 9 heteroatoms. The minimum atomic E-state index is -1.03. The predicted molar refractivity (Wildman–Crippen MR) is 129 cm³/mol. The van der Waals surface area contributed by atoms with Crippen LogP contribution in [-0.4, -0.2) is 41.0 Å². The van der Waals surface area contributed by atoms with E-state index < -0.39 is 23.9 Å². The summed E-state index contributed by atoms with van der Waals surface area (Å²) in [7, 11) is 1.34. The molecule has 0 saturated carbocycles. The molecule has 0 saturated heterocycles. The zero-order chi connectivity index (χ0) is 24.1. The smallest absolute Gasteiger partial charge is 0.341 e. The van der Waals surface area contributed by atoms with Gasteiger partial charge in [0.15, 0.2) is 6.10 Å². The highest BCUT2D eigenvalue weighted by atomic mass is 32.1. The Morgan fingerprint density at radius 1 is 1.06 bits per heavy atom. The van der Waals surface area contributed by atoms with Crippen molar-refractivity contribution in [2.24, 2.45) is 0 Å². The number of rotatable bonds is 6. The van der Waals surface area contributed by atoms with Gasteiger partial charge in [0.05, 0.1) is 23.8 Å². The number of nitrogens with one attached hydrogen (secondary N) is 1. The Labute approximate surface area is 201 Å². The molecule has 8 nitrogen and oxygen atoms in total. The van der Waals surface area contributed by atoms with Gasteiger partial charge in [0, 0.05) is 17.3 Å². The Balaban J connectivity index is 1.57. The van der Waals surface area contributed by atoms with Gasteiger partial charge in [-0.15, -0.1) is 11.3 Å². The fraction of sp³-hybridized carbons (Fsp3) is 0.400. The maximum atomic E-state index is 13.1. The summed E-state index contributed by atoms with van der Waals surface area (Å²) in [6.45, 7) is 1.76. The van der Waals surface area contributed by atoms with Crippen molar-refractivity contribution >= 4 is 45.2 Å². The monoisotopic (exact) mass is 481 g/mol. The Morgan fingerprint density at radius 3 is 2.59 bits per heavy atom. The minimum absolute atomic E-state index is 0.242. The lowest BCUT2D eigenvalue weighted by Crippen LogP contribution is -2.32. The predicted octanol–water partition coefficient (Wildman–Crippen LogP) is 4.71. The standard InChI is InChI=1S/C25H27N3O5S/c1-3-18(33-24(30)16-10-8-11-17-21(16)27-14-13-26-17)22(29)28-23-20(25(31)32-2)15-9-6-4-5-7-12-19(15)34-23/h8,10-11,13-14,18H,3-7,9,12H2,1-2H3,(H,28,29). The number of anilines is 1. The van der Waals surface area contributed by atoms with Crippen molar-refractivity contribution in [1.29, 1.82) is 0 Å². The third-order valence-corrected chi connectivity index (χ3v) is 7.14. The molecule has 2 aromatic heterocycles. The SMILES string of the molecule is CCC(OC(=O)c1cccc2nccnc12)C(=O)Nc1sc2c(c1C(=O)OC)CCCCCC2. The number of aromatic nitrogens is 2. The second kappa shape index (κ2) is 10.7. The van der Waals surface area contributed by atoms with Gasteiger partial charge in [-0.2, -0.15) is 0 Å². The van der Waals surface area contributed by atoms with Crippen molar-refractivity contribution in [3.05, 3.63) is 52.2 Å². The number of carbonyl (C=O) groups is 3. The first kappa shape index (κ1) is 23.8. The zero-order valence-corrected chi connectivity index (χ0v) is 20.1. The first-order valence-corrected chi connectivity index (χ1v) is 12.3. The number of aryl methyl sites for hydroxylation is 1. The maximum Gasteiger partial charge on any atom is 0.341 e. The van der Waals surface area contributed by atoms with Crippen molar-refractivity contribution in [2.45, 2.75) is 58.0 Å². The molecule has 3 aromatic rings. The van der Waals surface area contributed by atoms with Crippen LogP contribution >= 0.6 is 11.3 Å². The zero-order valence-electron chi connectivity index (χ0n) is 19.3. The third-order valence-electron chi connectivity index (χ3n) is 5.93. The number of fused-ring (bicyclic) bond motifs is 2. The molecule has 1 atom stereocenters. The second-order valence-corrected chi connectivity index (χ2v) is 9.24. The lowest BCUT2D eigenvalue weighted by Gasteiger charge is -2.16. The van der Waals surface area contributed by atoms with Gasteiger partial charge < -0.3 is 14.8 Å². The molecule has 1 aliphatic carbocycles. The van der Waals surface area contributed by atoms with Crippen LogP contribution in [0, 0.1) is 0 Å². The van der Waals surface area contributed by atoms with Crippen molar-refractivity contribution < 1.29 is 23.9 Å². The van der Waals surface area contributed by atoms with Gasteiger partial charge in [0.2, 0.25) is 0 Å². The van der Waals surface area contributed by atoms with Crippen molar-refractivity contribution in [2.75, 3.05) is 12.4 Å². The van der Waals surface area contributed by atoms with Crippen LogP contribution in [0.25, 0.3) is 11.0 Å². The molecule has 1 aromatic carbocycles. The molecular formula is C25H27N3O5S. The topological polar surface area (TPSA) is 107 Å². The van der Waals surface area contributed by atoms with Gasteiger partial charge in [-0.1, -0.05) is 25.8 Å². The number of nitrogens with zero attached hydrogens (tertiary/aromatic N) is 2. The summed E-state index contributed by atoms with van der Waals surface area (Å²) in [5, 5.41) is 3.30. The fourth-order valence-electron chi connectivity index (χ4n) is 4.19. The number of amides is 1. The average molecular weight is 482 g/mol. The van der Waals surface area contributed by atoms with Crippen LogP contribution in [0.1, 0.15) is 70.2 Å². The van der Waals surface area contributed by atoms with Crippen LogP contribution in [0.4, 0.5) is 5.00 Å². The van der Waals surface area contributed by atoms with E-state index in [0.29, 0.717) is 21.6 Å². The molecule has 34 heavy (non-hydrogen) atoms. The largest absolute Gasteiger partial charge is 0.465 e. The van der Waals surface area contributed by atoms with Crippen molar-refractivity contribution in [1.82, 2.24) is 9.97 Å². The first-order valence-electron chi connectivity index (χ1n) is 11.5. The molecule has 1 N–H and O–H groups in total. The molecule has 0 radical (unpaired) electrons. The fourth-order valence-corrected chi connectivity index (χ4v) is 5.47. The molecule has 0 fully saturated rings. The number of ether oxygens (including phenoxy) is 2. The highest BCUT2D eigenvalue weighted by Gasteiger charge is 2.29. The highest BCUT2D eigenvalue weighted by molar-refractivity contribution is 7.17. The van der Waals surface area contributed by atoms with Crippen LogP contribution in [0.5, 0.6) is 0 Å². The van der Waals surface area contributed by atoms with Crippen LogP contribution in [0.15, 0.2) is 30.6 Å². The van der Waals surface area contributed by atoms with Crippen LogP contribution in [0.2, 0.25) is 0 Å². The third kappa shape index (κ3) is 4.94. The van der Waals surface area contributed by atoms with E-state index in [0.717, 1.165) is 49.0 Å². The molecule has 1 amide bonds. The molecule has 0 spiro atoms. The van der Waals surface area contributed by atoms with E-state index >= 15 is 0 Å². The Hall–Kier alpha value is -3.33. The van der Waals surface area contributed by atoms with E-state index in [-0.39, 0.29) is 12.0 Å². The lowest BCUT2D eigenvalue weighted by atomic mass is 9.96. The Bertz CT molecular complexity index is 1220. The minimum Gasteiger partial charge on any atom is -0.465 e. The quantitative estimate of drug-likeness (QED) is 0.508. The first-order chi connectivity index (χ1) is 16.5. The maximum absolute atomic E-state index is 13.1. The molecule has 4 rings (SSSR count). The van der Waals surface area contributed by atoms with Crippen molar-refractivity contribution in [3.8, 4) is 0 Å². The Kier molecular flexibility index (Phi) is 7.52. The average Bonchev–Trinajstić information content (AvgIpc) is 3.16. The number of hydrogen-bond acceptors (Lipinski definition) is 8. The molecule has 178 valence electrons. The number of carbonyl (C=O) groups excluding carboxylic acids is 3. The molecule has 1 aliphatic rings. The normalized spacial score (nSPS) is 14.4. The summed E-state index contributed by atoms with van der Waals surface area (Å²) in [6, 6.07) is 5.04. The summed E-state index contributed by atoms with van der Waals surface area (Å²) in [5.41, 5.74) is 2.60. The summed E-state index contributed by atoms with van der Waals surface area (Å²) in [6.07, 6.45) is 8.23. The van der Waals surface area contributed by atoms with E-state index in [9.17, 15) is 14.4 Å². The number of methoxy groups -OCH3 is 1. The van der Waals surface area contributed by atoms with Gasteiger partial charge in [0.25, 0.3) is 5.91 Å². The number of thiophene rings is 1. The number of benzene rings is 1. The molecule has 0 bridgehead atoms. The molecule has 0 aliphatic heterocycles.